The monoisotopic (exact) mass is 270 g/mol. The third kappa shape index (κ3) is 2.20. The lowest BCUT2D eigenvalue weighted by atomic mass is 10.1. The summed E-state index contributed by atoms with van der Waals surface area (Å²) in [6.07, 6.45) is 5.19. The predicted molar refractivity (Wildman–Crippen MR) is 81.9 cm³/mol. The molecule has 1 atom stereocenters. The number of hydrogen-bond donors (Lipinski definition) is 1. The highest BCUT2D eigenvalue weighted by Crippen LogP contribution is 2.34. The van der Waals surface area contributed by atoms with Gasteiger partial charge in [0.05, 0.1) is 12.2 Å². The van der Waals surface area contributed by atoms with Crippen LogP contribution in [0, 0.1) is 0 Å². The minimum atomic E-state index is 0.214. The Hall–Kier alpha value is -1.81. The first-order valence-electron chi connectivity index (χ1n) is 7.29. The SMILES string of the molecule is CC(C)n1cc(C(CN)N2CCc3ccccc32)cn1. The number of para-hydroxylation sites is 1. The lowest BCUT2D eigenvalue weighted by Crippen LogP contribution is -2.32. The van der Waals surface area contributed by atoms with Gasteiger partial charge in [0.1, 0.15) is 0 Å². The van der Waals surface area contributed by atoms with Crippen LogP contribution in [0.2, 0.25) is 0 Å². The second kappa shape index (κ2) is 5.29. The number of fused-ring (bicyclic) bond motifs is 1. The standard InChI is InChI=1S/C16H22N4/c1-12(2)20-11-14(10-18-20)16(9-17)19-8-7-13-5-3-4-6-15(13)19/h3-6,10-12,16H,7-9,17H2,1-2H3. The molecule has 2 heterocycles. The van der Waals surface area contributed by atoms with Crippen molar-refractivity contribution in [1.82, 2.24) is 9.78 Å². The molecule has 1 aromatic carbocycles. The van der Waals surface area contributed by atoms with Crippen molar-refractivity contribution in [2.75, 3.05) is 18.0 Å². The van der Waals surface area contributed by atoms with Crippen LogP contribution >= 0.6 is 0 Å². The zero-order chi connectivity index (χ0) is 14.1. The van der Waals surface area contributed by atoms with Crippen molar-refractivity contribution in [2.24, 2.45) is 5.73 Å². The number of nitrogens with two attached hydrogens (primary N) is 1. The number of hydrogen-bond acceptors (Lipinski definition) is 3. The average molecular weight is 270 g/mol. The van der Waals surface area contributed by atoms with Gasteiger partial charge in [-0.2, -0.15) is 5.10 Å². The Morgan fingerprint density at radius 1 is 1.30 bits per heavy atom. The Balaban J connectivity index is 1.91. The van der Waals surface area contributed by atoms with E-state index in [1.165, 1.54) is 16.8 Å². The summed E-state index contributed by atoms with van der Waals surface area (Å²) in [5.74, 6) is 0. The van der Waals surface area contributed by atoms with Crippen molar-refractivity contribution in [3.63, 3.8) is 0 Å². The van der Waals surface area contributed by atoms with Crippen LogP contribution in [0.1, 0.15) is 37.1 Å². The fraction of sp³-hybridized carbons (Fsp3) is 0.438. The molecule has 0 fully saturated rings. The Bertz CT molecular complexity index is 588. The van der Waals surface area contributed by atoms with Gasteiger partial charge in [-0.1, -0.05) is 18.2 Å². The van der Waals surface area contributed by atoms with E-state index >= 15 is 0 Å². The molecule has 1 aliphatic heterocycles. The molecule has 0 saturated heterocycles. The molecule has 2 N–H and O–H groups in total. The molecule has 3 rings (SSSR count). The van der Waals surface area contributed by atoms with Crippen molar-refractivity contribution >= 4 is 5.69 Å². The van der Waals surface area contributed by atoms with E-state index in [0.29, 0.717) is 12.6 Å². The number of rotatable bonds is 4. The third-order valence-corrected chi connectivity index (χ3v) is 4.06. The van der Waals surface area contributed by atoms with Crippen molar-refractivity contribution in [3.05, 3.63) is 47.8 Å². The van der Waals surface area contributed by atoms with Gasteiger partial charge in [-0.05, 0) is 31.9 Å². The number of nitrogens with zero attached hydrogens (tertiary/aromatic N) is 3. The Morgan fingerprint density at radius 3 is 2.80 bits per heavy atom. The third-order valence-electron chi connectivity index (χ3n) is 4.06. The summed E-state index contributed by atoms with van der Waals surface area (Å²) < 4.78 is 2.00. The molecule has 0 spiro atoms. The van der Waals surface area contributed by atoms with E-state index in [4.69, 9.17) is 5.73 Å². The van der Waals surface area contributed by atoms with Crippen LogP contribution in [0.15, 0.2) is 36.7 Å². The van der Waals surface area contributed by atoms with E-state index in [1.54, 1.807) is 0 Å². The van der Waals surface area contributed by atoms with Gasteiger partial charge in [-0.15, -0.1) is 0 Å². The van der Waals surface area contributed by atoms with Gasteiger partial charge in [0.2, 0.25) is 0 Å². The van der Waals surface area contributed by atoms with Gasteiger partial charge < -0.3 is 10.6 Å². The molecule has 0 saturated carbocycles. The van der Waals surface area contributed by atoms with E-state index in [0.717, 1.165) is 13.0 Å². The number of benzene rings is 1. The summed E-state index contributed by atoms with van der Waals surface area (Å²) in [7, 11) is 0. The quantitative estimate of drug-likeness (QED) is 0.928. The molecule has 0 amide bonds. The summed E-state index contributed by atoms with van der Waals surface area (Å²) in [6.45, 7) is 5.92. The lowest BCUT2D eigenvalue weighted by molar-refractivity contribution is 0.531. The minimum absolute atomic E-state index is 0.214. The first-order valence-corrected chi connectivity index (χ1v) is 7.29. The fourth-order valence-electron chi connectivity index (χ4n) is 2.94. The van der Waals surface area contributed by atoms with Crippen molar-refractivity contribution in [1.29, 1.82) is 0 Å². The molecule has 1 unspecified atom stereocenters. The molecular formula is C16H22N4. The maximum absolute atomic E-state index is 6.05. The lowest BCUT2D eigenvalue weighted by Gasteiger charge is -2.28. The predicted octanol–water partition coefficient (Wildman–Crippen LogP) is 2.53. The molecule has 0 radical (unpaired) electrons. The summed E-state index contributed by atoms with van der Waals surface area (Å²) in [6, 6.07) is 9.20. The minimum Gasteiger partial charge on any atom is -0.363 e. The number of aromatic nitrogens is 2. The van der Waals surface area contributed by atoms with Gasteiger partial charge >= 0.3 is 0 Å². The number of anilines is 1. The van der Waals surface area contributed by atoms with E-state index < -0.39 is 0 Å². The molecule has 20 heavy (non-hydrogen) atoms. The van der Waals surface area contributed by atoms with E-state index in [1.807, 2.05) is 10.9 Å². The maximum Gasteiger partial charge on any atom is 0.0695 e. The first-order chi connectivity index (χ1) is 9.70. The zero-order valence-electron chi connectivity index (χ0n) is 12.2. The van der Waals surface area contributed by atoms with E-state index in [2.05, 4.69) is 54.3 Å². The zero-order valence-corrected chi connectivity index (χ0v) is 12.2. The highest BCUT2D eigenvalue weighted by Gasteiger charge is 2.26. The highest BCUT2D eigenvalue weighted by molar-refractivity contribution is 5.59. The molecule has 2 aromatic rings. The smallest absolute Gasteiger partial charge is 0.0695 e. The fourth-order valence-corrected chi connectivity index (χ4v) is 2.94. The van der Waals surface area contributed by atoms with Gasteiger partial charge in [0.15, 0.2) is 0 Å². The second-order valence-electron chi connectivity index (χ2n) is 5.67. The van der Waals surface area contributed by atoms with Crippen LogP contribution in [0.5, 0.6) is 0 Å². The summed E-state index contributed by atoms with van der Waals surface area (Å²) >= 11 is 0. The second-order valence-corrected chi connectivity index (χ2v) is 5.67. The van der Waals surface area contributed by atoms with Crippen LogP contribution in [0.3, 0.4) is 0 Å². The van der Waals surface area contributed by atoms with Crippen LogP contribution in [0.4, 0.5) is 5.69 Å². The van der Waals surface area contributed by atoms with Gasteiger partial charge in [-0.25, -0.2) is 0 Å². The molecule has 4 heteroatoms. The summed E-state index contributed by atoms with van der Waals surface area (Å²) in [5.41, 5.74) is 9.99. The van der Waals surface area contributed by atoms with Gasteiger partial charge in [-0.3, -0.25) is 4.68 Å². The summed E-state index contributed by atoms with van der Waals surface area (Å²) in [4.78, 5) is 2.41. The van der Waals surface area contributed by atoms with Crippen LogP contribution in [-0.4, -0.2) is 22.9 Å². The highest BCUT2D eigenvalue weighted by atomic mass is 15.3. The molecule has 0 aliphatic carbocycles. The molecular weight excluding hydrogens is 248 g/mol. The topological polar surface area (TPSA) is 47.1 Å². The van der Waals surface area contributed by atoms with Crippen LogP contribution in [0.25, 0.3) is 0 Å². The molecule has 1 aliphatic rings. The largest absolute Gasteiger partial charge is 0.363 e. The Kier molecular flexibility index (Phi) is 3.49. The van der Waals surface area contributed by atoms with Crippen molar-refractivity contribution in [2.45, 2.75) is 32.4 Å². The average Bonchev–Trinajstić information content (AvgIpc) is 3.08. The van der Waals surface area contributed by atoms with Crippen molar-refractivity contribution < 1.29 is 0 Å². The Morgan fingerprint density at radius 2 is 2.10 bits per heavy atom. The van der Waals surface area contributed by atoms with Crippen molar-refractivity contribution in [3.8, 4) is 0 Å². The normalized spacial score (nSPS) is 15.7. The van der Waals surface area contributed by atoms with E-state index in [-0.39, 0.29) is 6.04 Å². The maximum atomic E-state index is 6.05. The van der Waals surface area contributed by atoms with E-state index in [9.17, 15) is 0 Å². The molecule has 1 aromatic heterocycles. The summed E-state index contributed by atoms with van der Waals surface area (Å²) in [5, 5.41) is 4.45. The van der Waals surface area contributed by atoms with Gasteiger partial charge in [0.25, 0.3) is 0 Å². The molecule has 0 bridgehead atoms. The van der Waals surface area contributed by atoms with Crippen LogP contribution in [-0.2, 0) is 6.42 Å². The molecule has 106 valence electrons. The Labute approximate surface area is 120 Å². The van der Waals surface area contributed by atoms with Gasteiger partial charge in [0, 0.05) is 36.6 Å². The van der Waals surface area contributed by atoms with Crippen LogP contribution < -0.4 is 10.6 Å². The first kappa shape index (κ1) is 13.2. The molecule has 4 nitrogen and oxygen atoms in total.